The zero-order valence-electron chi connectivity index (χ0n) is 16.4. The van der Waals surface area contributed by atoms with Gasteiger partial charge in [0.1, 0.15) is 12.2 Å². The number of hydrogen-bond donors (Lipinski definition) is 0. The summed E-state index contributed by atoms with van der Waals surface area (Å²) in [6.07, 6.45) is -2.34. The van der Waals surface area contributed by atoms with Gasteiger partial charge in [-0.2, -0.15) is 0 Å². The summed E-state index contributed by atoms with van der Waals surface area (Å²) in [5.74, 6) is 0. The molecule has 1 fully saturated rings. The van der Waals surface area contributed by atoms with E-state index in [9.17, 15) is 0 Å². The average molecular weight is 463 g/mol. The van der Waals surface area contributed by atoms with Gasteiger partial charge in [0.05, 0.1) is 45.9 Å². The summed E-state index contributed by atoms with van der Waals surface area (Å²) in [7, 11) is 0. The molecule has 1 aromatic heterocycles. The van der Waals surface area contributed by atoms with Crippen LogP contribution in [0.3, 0.4) is 0 Å². The maximum atomic E-state index is 8.77. The quantitative estimate of drug-likeness (QED) is 0.295. The van der Waals surface area contributed by atoms with Gasteiger partial charge in [-0.1, -0.05) is 28.3 Å². The predicted octanol–water partition coefficient (Wildman–Crippen LogP) is 5.79. The van der Waals surface area contributed by atoms with Crippen LogP contribution in [0.2, 0.25) is 15.3 Å². The molecule has 1 saturated heterocycles. The first-order valence-electron chi connectivity index (χ1n) is 9.22. The highest BCUT2D eigenvalue weighted by Gasteiger charge is 2.48. The van der Waals surface area contributed by atoms with Crippen molar-refractivity contribution >= 4 is 45.8 Å². The lowest BCUT2D eigenvalue weighted by atomic mass is 10.1. The monoisotopic (exact) mass is 461 g/mol. The molecule has 1 aliphatic rings. The van der Waals surface area contributed by atoms with Gasteiger partial charge in [-0.3, -0.25) is 4.57 Å². The Bertz CT molecular complexity index is 929. The molecule has 1 aliphatic heterocycles. The van der Waals surface area contributed by atoms with Crippen molar-refractivity contribution in [2.45, 2.75) is 64.4 Å². The Morgan fingerprint density at radius 1 is 1.14 bits per heavy atom. The van der Waals surface area contributed by atoms with E-state index < -0.39 is 24.5 Å². The number of nitrogens with zero attached hydrogens (tertiary/aromatic N) is 5. The summed E-state index contributed by atoms with van der Waals surface area (Å²) < 4.78 is 20.2. The molecule has 158 valence electrons. The van der Waals surface area contributed by atoms with E-state index in [0.717, 1.165) is 0 Å². The topological polar surface area (TPSA) is 94.3 Å². The minimum Gasteiger partial charge on any atom is -0.370 e. The van der Waals surface area contributed by atoms with Crippen LogP contribution < -0.4 is 0 Å². The summed E-state index contributed by atoms with van der Waals surface area (Å²) >= 11 is 18.8. The molecule has 2 heterocycles. The van der Waals surface area contributed by atoms with Crippen LogP contribution in [0.15, 0.2) is 17.2 Å². The molecule has 4 atom stereocenters. The Morgan fingerprint density at radius 2 is 1.76 bits per heavy atom. The van der Waals surface area contributed by atoms with E-state index in [1.807, 2.05) is 27.7 Å². The summed E-state index contributed by atoms with van der Waals surface area (Å²) in [6, 6.07) is 3.33. The molecule has 0 spiro atoms. The first-order chi connectivity index (χ1) is 13.7. The van der Waals surface area contributed by atoms with Gasteiger partial charge < -0.3 is 14.2 Å². The number of azide groups is 1. The minimum absolute atomic E-state index is 0.0857. The molecule has 29 heavy (non-hydrogen) atoms. The molecule has 0 amide bonds. The number of halogens is 3. The number of rotatable bonds is 7. The summed E-state index contributed by atoms with van der Waals surface area (Å²) in [6.45, 7) is 7.79. The van der Waals surface area contributed by atoms with Gasteiger partial charge in [-0.15, -0.1) is 0 Å². The smallest absolute Gasteiger partial charge is 0.206 e. The van der Waals surface area contributed by atoms with Crippen LogP contribution in [0.4, 0.5) is 0 Å². The molecule has 0 radical (unpaired) electrons. The summed E-state index contributed by atoms with van der Waals surface area (Å²) in [5.41, 5.74) is 10.00. The van der Waals surface area contributed by atoms with Gasteiger partial charge in [-0.25, -0.2) is 4.98 Å². The lowest BCUT2D eigenvalue weighted by Crippen LogP contribution is -2.40. The molecule has 3 rings (SSSR count). The van der Waals surface area contributed by atoms with E-state index in [4.69, 9.17) is 54.5 Å². The van der Waals surface area contributed by atoms with Crippen molar-refractivity contribution in [3.05, 3.63) is 37.9 Å². The molecule has 0 N–H and O–H groups in total. The Labute approximate surface area is 183 Å². The predicted molar refractivity (Wildman–Crippen MR) is 113 cm³/mol. The van der Waals surface area contributed by atoms with Gasteiger partial charge in [0.2, 0.25) is 5.28 Å². The van der Waals surface area contributed by atoms with Gasteiger partial charge >= 0.3 is 0 Å². The molecule has 4 unspecified atom stereocenters. The first kappa shape index (κ1) is 22.4. The van der Waals surface area contributed by atoms with Crippen LogP contribution in [0.1, 0.15) is 33.9 Å². The Balaban J connectivity index is 2.10. The lowest BCUT2D eigenvalue weighted by molar-refractivity contribution is -0.111. The molecule has 0 saturated carbocycles. The third-order valence-electron chi connectivity index (χ3n) is 4.41. The van der Waals surface area contributed by atoms with Crippen LogP contribution in [0.5, 0.6) is 0 Å². The van der Waals surface area contributed by atoms with Gasteiger partial charge in [0.25, 0.3) is 0 Å². The standard InChI is InChI=1S/C18H22Cl3N5O3/c1-8(2)27-15-14(7-23-25-22)29-17(16(15)28-9(3)4)26-13-6-11(20)10(19)5-12(13)24-18(26)21/h5-6,8-9,14-17H,7H2,1-4H3. The second kappa shape index (κ2) is 9.27. The molecule has 8 nitrogen and oxygen atoms in total. The maximum Gasteiger partial charge on any atom is 0.206 e. The van der Waals surface area contributed by atoms with Crippen molar-refractivity contribution in [3.63, 3.8) is 0 Å². The number of aromatic nitrogens is 2. The third-order valence-corrected chi connectivity index (χ3v) is 5.40. The van der Waals surface area contributed by atoms with Crippen molar-refractivity contribution < 1.29 is 14.2 Å². The van der Waals surface area contributed by atoms with E-state index in [-0.39, 0.29) is 24.0 Å². The lowest BCUT2D eigenvalue weighted by Gasteiger charge is -2.28. The van der Waals surface area contributed by atoms with Crippen molar-refractivity contribution in [2.75, 3.05) is 6.54 Å². The fourth-order valence-electron chi connectivity index (χ4n) is 3.42. The fraction of sp³-hybridized carbons (Fsp3) is 0.611. The third kappa shape index (κ3) is 4.75. The highest BCUT2D eigenvalue weighted by atomic mass is 35.5. The van der Waals surface area contributed by atoms with Crippen LogP contribution >= 0.6 is 34.8 Å². The zero-order chi connectivity index (χ0) is 21.3. The number of ether oxygens (including phenoxy) is 3. The molecule has 0 bridgehead atoms. The number of benzene rings is 1. The van der Waals surface area contributed by atoms with Crippen molar-refractivity contribution in [1.29, 1.82) is 0 Å². The molecule has 2 aromatic rings. The van der Waals surface area contributed by atoms with E-state index in [2.05, 4.69) is 15.0 Å². The SMILES string of the molecule is CC(C)OC1C(CN=[N+]=[N-])OC(n2c(Cl)nc3cc(Cl)c(Cl)cc32)C1OC(C)C. The van der Waals surface area contributed by atoms with Gasteiger partial charge in [0, 0.05) is 4.91 Å². The van der Waals surface area contributed by atoms with E-state index in [1.54, 1.807) is 16.7 Å². The molecule has 0 aliphatic carbocycles. The summed E-state index contributed by atoms with van der Waals surface area (Å²) in [5, 5.41) is 4.63. The molecule has 1 aromatic carbocycles. The summed E-state index contributed by atoms with van der Waals surface area (Å²) in [4.78, 5) is 7.22. The number of imidazole rings is 1. The maximum absolute atomic E-state index is 8.77. The highest BCUT2D eigenvalue weighted by molar-refractivity contribution is 6.42. The highest BCUT2D eigenvalue weighted by Crippen LogP contribution is 2.40. The number of hydrogen-bond acceptors (Lipinski definition) is 5. The molecular weight excluding hydrogens is 441 g/mol. The van der Waals surface area contributed by atoms with Crippen molar-refractivity contribution in [2.24, 2.45) is 5.11 Å². The van der Waals surface area contributed by atoms with Gasteiger partial charge in [0.15, 0.2) is 6.23 Å². The van der Waals surface area contributed by atoms with Crippen LogP contribution in [0, 0.1) is 0 Å². The van der Waals surface area contributed by atoms with Gasteiger partial charge in [-0.05, 0) is 57.0 Å². The first-order valence-corrected chi connectivity index (χ1v) is 10.4. The van der Waals surface area contributed by atoms with E-state index in [1.165, 1.54) is 0 Å². The van der Waals surface area contributed by atoms with Crippen molar-refractivity contribution in [3.8, 4) is 0 Å². The van der Waals surface area contributed by atoms with Crippen LogP contribution in [-0.4, -0.2) is 46.6 Å². The normalized spacial score (nSPS) is 24.6. The van der Waals surface area contributed by atoms with Crippen LogP contribution in [0.25, 0.3) is 21.5 Å². The van der Waals surface area contributed by atoms with Crippen molar-refractivity contribution in [1.82, 2.24) is 9.55 Å². The average Bonchev–Trinajstić information content (AvgIpc) is 3.10. The fourth-order valence-corrected chi connectivity index (χ4v) is 4.01. The molecular formula is C18H22Cl3N5O3. The zero-order valence-corrected chi connectivity index (χ0v) is 18.7. The second-order valence-electron chi connectivity index (χ2n) is 7.28. The van der Waals surface area contributed by atoms with Crippen LogP contribution in [-0.2, 0) is 14.2 Å². The Kier molecular flexibility index (Phi) is 7.17. The van der Waals surface area contributed by atoms with E-state index in [0.29, 0.717) is 21.1 Å². The van der Waals surface area contributed by atoms with E-state index >= 15 is 0 Å². The Hall–Kier alpha value is -1.25. The second-order valence-corrected chi connectivity index (χ2v) is 8.44. The Morgan fingerprint density at radius 3 is 2.38 bits per heavy atom. The largest absolute Gasteiger partial charge is 0.370 e. The molecule has 11 heteroatoms. The number of fused-ring (bicyclic) bond motifs is 1. The minimum atomic E-state index is -0.658.